The second-order valence-corrected chi connectivity index (χ2v) is 6.93. The fourth-order valence-electron chi connectivity index (χ4n) is 2.84. The molecule has 0 aliphatic rings. The van der Waals surface area contributed by atoms with Crippen LogP contribution in [0.25, 0.3) is 22.2 Å². The van der Waals surface area contributed by atoms with Gasteiger partial charge in [0, 0.05) is 26.6 Å². The molecule has 0 unspecified atom stereocenters. The Kier molecular flexibility index (Phi) is 4.15. The van der Waals surface area contributed by atoms with Crippen LogP contribution in [-0.2, 0) is 0 Å². The number of hydrogen-bond acceptors (Lipinski definition) is 3. The lowest BCUT2D eigenvalue weighted by atomic mass is 10.2. The van der Waals surface area contributed by atoms with Gasteiger partial charge in [-0.15, -0.1) is 0 Å². The molecule has 0 bridgehead atoms. The standard InChI is InChI=1S/C20H10BrClN2O2/c21-16-9-13(22)5-6-15(16)18-7-8-19(26-18)20(25)24-11-12(10-23)14-3-1-2-4-17(14)24/h1-9,11H. The molecule has 4 rings (SSSR count). The van der Waals surface area contributed by atoms with E-state index in [4.69, 9.17) is 16.0 Å². The van der Waals surface area contributed by atoms with E-state index in [0.717, 1.165) is 15.4 Å². The Bertz CT molecular complexity index is 1200. The lowest BCUT2D eigenvalue weighted by Crippen LogP contribution is -2.09. The minimum Gasteiger partial charge on any atom is -0.451 e. The summed E-state index contributed by atoms with van der Waals surface area (Å²) in [6, 6.07) is 18.1. The van der Waals surface area contributed by atoms with E-state index in [9.17, 15) is 10.1 Å². The summed E-state index contributed by atoms with van der Waals surface area (Å²) < 4.78 is 7.98. The number of para-hydroxylation sites is 1. The summed E-state index contributed by atoms with van der Waals surface area (Å²) in [5.41, 5.74) is 1.91. The van der Waals surface area contributed by atoms with Crippen molar-refractivity contribution in [2.75, 3.05) is 0 Å². The van der Waals surface area contributed by atoms with Crippen LogP contribution in [0.5, 0.6) is 0 Å². The Balaban J connectivity index is 1.77. The molecule has 0 aliphatic carbocycles. The van der Waals surface area contributed by atoms with Crippen molar-refractivity contribution in [2.45, 2.75) is 0 Å². The van der Waals surface area contributed by atoms with Crippen LogP contribution >= 0.6 is 27.5 Å². The van der Waals surface area contributed by atoms with Crippen molar-refractivity contribution in [3.05, 3.63) is 81.6 Å². The average molecular weight is 426 g/mol. The third-order valence-electron chi connectivity index (χ3n) is 4.06. The summed E-state index contributed by atoms with van der Waals surface area (Å²) in [4.78, 5) is 12.9. The van der Waals surface area contributed by atoms with Gasteiger partial charge < -0.3 is 4.42 Å². The minimum absolute atomic E-state index is 0.187. The lowest BCUT2D eigenvalue weighted by molar-refractivity contribution is 0.0938. The molecule has 2 aromatic carbocycles. The predicted octanol–water partition coefficient (Wildman–Crippen LogP) is 5.88. The van der Waals surface area contributed by atoms with Crippen molar-refractivity contribution in [3.8, 4) is 17.4 Å². The van der Waals surface area contributed by atoms with E-state index in [1.54, 1.807) is 30.3 Å². The summed E-state index contributed by atoms with van der Waals surface area (Å²) in [6.07, 6.45) is 1.54. The first kappa shape index (κ1) is 16.6. The van der Waals surface area contributed by atoms with Crippen LogP contribution in [0.1, 0.15) is 16.1 Å². The van der Waals surface area contributed by atoms with Crippen LogP contribution in [0.2, 0.25) is 5.02 Å². The molecular weight excluding hydrogens is 416 g/mol. The summed E-state index contributed by atoms with van der Waals surface area (Å²) >= 11 is 9.42. The number of carbonyl (C=O) groups excluding carboxylic acids is 1. The first-order chi connectivity index (χ1) is 12.6. The molecule has 0 fully saturated rings. The Hall–Kier alpha value is -2.81. The molecule has 2 heterocycles. The Morgan fingerprint density at radius 2 is 1.96 bits per heavy atom. The van der Waals surface area contributed by atoms with Gasteiger partial charge in [-0.1, -0.05) is 29.8 Å². The zero-order valence-electron chi connectivity index (χ0n) is 13.2. The molecule has 0 saturated heterocycles. The van der Waals surface area contributed by atoms with Gasteiger partial charge >= 0.3 is 0 Å². The molecule has 0 atom stereocenters. The number of hydrogen-bond donors (Lipinski definition) is 0. The maximum atomic E-state index is 12.9. The zero-order valence-corrected chi connectivity index (χ0v) is 15.6. The number of carbonyl (C=O) groups is 1. The van der Waals surface area contributed by atoms with E-state index < -0.39 is 0 Å². The maximum Gasteiger partial charge on any atom is 0.298 e. The zero-order chi connectivity index (χ0) is 18.3. The molecule has 0 N–H and O–H groups in total. The lowest BCUT2D eigenvalue weighted by Gasteiger charge is -2.03. The fraction of sp³-hybridized carbons (Fsp3) is 0. The predicted molar refractivity (Wildman–Crippen MR) is 103 cm³/mol. The average Bonchev–Trinajstić information content (AvgIpc) is 3.26. The SMILES string of the molecule is N#Cc1cn(C(=O)c2ccc(-c3ccc(Cl)cc3Br)o2)c2ccccc12. The van der Waals surface area contributed by atoms with Crippen LogP contribution in [0, 0.1) is 11.3 Å². The minimum atomic E-state index is -0.334. The molecule has 0 radical (unpaired) electrons. The largest absolute Gasteiger partial charge is 0.451 e. The number of aromatic nitrogens is 1. The van der Waals surface area contributed by atoms with E-state index >= 15 is 0 Å². The molecule has 0 aliphatic heterocycles. The second kappa shape index (κ2) is 6.49. The molecule has 4 aromatic rings. The highest BCUT2D eigenvalue weighted by Crippen LogP contribution is 2.32. The van der Waals surface area contributed by atoms with Crippen LogP contribution in [0.4, 0.5) is 0 Å². The number of nitrogens with zero attached hydrogens (tertiary/aromatic N) is 2. The molecule has 4 nitrogen and oxygen atoms in total. The van der Waals surface area contributed by atoms with Crippen molar-refractivity contribution < 1.29 is 9.21 Å². The third-order valence-corrected chi connectivity index (χ3v) is 4.96. The molecule has 0 amide bonds. The molecular formula is C20H10BrClN2O2. The summed E-state index contributed by atoms with van der Waals surface area (Å²) in [5.74, 6) is 0.403. The van der Waals surface area contributed by atoms with Gasteiger partial charge in [0.1, 0.15) is 11.8 Å². The Morgan fingerprint density at radius 1 is 1.15 bits per heavy atom. The van der Waals surface area contributed by atoms with Crippen molar-refractivity contribution in [1.82, 2.24) is 4.57 Å². The number of benzene rings is 2. The van der Waals surface area contributed by atoms with Crippen molar-refractivity contribution in [3.63, 3.8) is 0 Å². The topological polar surface area (TPSA) is 58.9 Å². The first-order valence-corrected chi connectivity index (χ1v) is 8.86. The normalized spacial score (nSPS) is 10.8. The molecule has 126 valence electrons. The molecule has 6 heteroatoms. The van der Waals surface area contributed by atoms with Crippen LogP contribution in [0.3, 0.4) is 0 Å². The Labute approximate surface area is 162 Å². The highest BCUT2D eigenvalue weighted by Gasteiger charge is 2.19. The monoisotopic (exact) mass is 424 g/mol. The summed E-state index contributed by atoms with van der Waals surface area (Å²) in [5, 5.41) is 10.6. The summed E-state index contributed by atoms with van der Waals surface area (Å²) in [7, 11) is 0. The molecule has 0 saturated carbocycles. The van der Waals surface area contributed by atoms with Gasteiger partial charge in [0.15, 0.2) is 5.76 Å². The smallest absolute Gasteiger partial charge is 0.298 e. The second-order valence-electron chi connectivity index (χ2n) is 5.63. The number of halogens is 2. The number of furan rings is 1. The highest BCUT2D eigenvalue weighted by atomic mass is 79.9. The van der Waals surface area contributed by atoms with E-state index in [2.05, 4.69) is 22.0 Å². The van der Waals surface area contributed by atoms with Crippen molar-refractivity contribution >= 4 is 44.3 Å². The quantitative estimate of drug-likeness (QED) is 0.403. The molecule has 0 spiro atoms. The van der Waals surface area contributed by atoms with Gasteiger partial charge in [-0.25, -0.2) is 0 Å². The van der Waals surface area contributed by atoms with Crippen LogP contribution in [-0.4, -0.2) is 10.5 Å². The van der Waals surface area contributed by atoms with Gasteiger partial charge in [0.05, 0.1) is 11.1 Å². The molecule has 2 aromatic heterocycles. The third kappa shape index (κ3) is 2.74. The van der Waals surface area contributed by atoms with Crippen LogP contribution < -0.4 is 0 Å². The highest BCUT2D eigenvalue weighted by molar-refractivity contribution is 9.10. The van der Waals surface area contributed by atoms with Gasteiger partial charge in [0.2, 0.25) is 0 Å². The van der Waals surface area contributed by atoms with E-state index in [1.807, 2.05) is 24.3 Å². The number of rotatable bonds is 2. The summed E-state index contributed by atoms with van der Waals surface area (Å²) in [6.45, 7) is 0. The fourth-order valence-corrected chi connectivity index (χ4v) is 3.72. The van der Waals surface area contributed by atoms with Gasteiger partial charge in [0.25, 0.3) is 5.91 Å². The van der Waals surface area contributed by atoms with E-state index in [1.165, 1.54) is 10.8 Å². The van der Waals surface area contributed by atoms with Crippen molar-refractivity contribution in [1.29, 1.82) is 5.26 Å². The van der Waals surface area contributed by atoms with Gasteiger partial charge in [-0.3, -0.25) is 9.36 Å². The van der Waals surface area contributed by atoms with Crippen LogP contribution in [0.15, 0.2) is 69.7 Å². The Morgan fingerprint density at radius 3 is 2.73 bits per heavy atom. The van der Waals surface area contributed by atoms with Gasteiger partial charge in [-0.05, 0) is 52.3 Å². The van der Waals surface area contributed by atoms with E-state index in [0.29, 0.717) is 21.9 Å². The number of fused-ring (bicyclic) bond motifs is 1. The number of nitriles is 1. The maximum absolute atomic E-state index is 12.9. The molecule has 26 heavy (non-hydrogen) atoms. The van der Waals surface area contributed by atoms with E-state index in [-0.39, 0.29) is 11.7 Å². The first-order valence-electron chi connectivity index (χ1n) is 7.68. The van der Waals surface area contributed by atoms with Gasteiger partial charge in [-0.2, -0.15) is 5.26 Å². The van der Waals surface area contributed by atoms with Crippen molar-refractivity contribution in [2.24, 2.45) is 0 Å².